The molecule has 0 heterocycles. The number of β-amino-alcohol motifs (C(OH)–C–C–N with tert-alkyl or cyclic N) is 1. The fraction of sp³-hybridized carbons (Fsp3) is 0.594. The van der Waals surface area contributed by atoms with Crippen molar-refractivity contribution in [1.82, 2.24) is 5.32 Å². The Kier molecular flexibility index (Phi) is 9.10. The highest BCUT2D eigenvalue weighted by molar-refractivity contribution is 5.92. The third-order valence-corrected chi connectivity index (χ3v) is 8.44. The second-order valence-electron chi connectivity index (χ2n) is 11.9. The zero-order chi connectivity index (χ0) is 26.6. The van der Waals surface area contributed by atoms with Gasteiger partial charge in [-0.2, -0.15) is 0 Å². The fourth-order valence-electron chi connectivity index (χ4n) is 6.54. The van der Waals surface area contributed by atoms with Crippen LogP contribution in [0.4, 0.5) is 0 Å². The molecule has 2 aromatic carbocycles. The number of carbonyl (C=O) groups excluding carboxylic acids is 1. The number of hydrogen-bond donors (Lipinski definition) is 2. The largest absolute Gasteiger partial charge is 0.462 e. The molecule has 0 aliphatic heterocycles. The lowest BCUT2D eigenvalue weighted by Gasteiger charge is -2.34. The average molecular weight is 508 g/mol. The maximum atomic E-state index is 12.2. The summed E-state index contributed by atoms with van der Waals surface area (Å²) in [4.78, 5) is 12.2. The Balaban J connectivity index is 1.31. The molecule has 2 fully saturated rings. The van der Waals surface area contributed by atoms with Crippen molar-refractivity contribution in [1.29, 1.82) is 0 Å². The summed E-state index contributed by atoms with van der Waals surface area (Å²) in [5.74, 6) is 2.43. The number of aliphatic hydroxyl groups is 1. The van der Waals surface area contributed by atoms with Crippen LogP contribution in [0.2, 0.25) is 0 Å². The minimum atomic E-state index is -0.569. The van der Waals surface area contributed by atoms with Gasteiger partial charge in [0.1, 0.15) is 0 Å². The number of ether oxygens (including phenoxy) is 2. The lowest BCUT2D eigenvalue weighted by molar-refractivity contribution is -0.00459. The lowest BCUT2D eigenvalue weighted by Crippen LogP contribution is -2.46. The quantitative estimate of drug-likeness (QED) is 0.322. The molecule has 5 nitrogen and oxygen atoms in total. The van der Waals surface area contributed by atoms with Crippen LogP contribution in [0, 0.1) is 24.7 Å². The van der Waals surface area contributed by atoms with E-state index in [4.69, 9.17) is 9.47 Å². The van der Waals surface area contributed by atoms with Crippen molar-refractivity contribution in [3.8, 4) is 11.1 Å². The molecule has 5 unspecified atom stereocenters. The minimum Gasteiger partial charge on any atom is -0.462 e. The first-order valence-corrected chi connectivity index (χ1v) is 14.1. The van der Waals surface area contributed by atoms with Gasteiger partial charge in [0, 0.05) is 12.1 Å². The zero-order valence-corrected chi connectivity index (χ0v) is 23.3. The van der Waals surface area contributed by atoms with E-state index in [0.717, 1.165) is 40.0 Å². The van der Waals surface area contributed by atoms with E-state index in [9.17, 15) is 9.90 Å². The number of hydrogen-bond acceptors (Lipinski definition) is 5. The standard InChI is InChI=1S/C32H45NO4/c1-6-36-31(35)28-14-13-25(15-21(28)2)30-10-8-7-9-29(30)22(3)37-20-27(34)19-33-32(4,5)18-26-17-23-11-12-24(26)16-23/h7-10,13-15,22-24,26-27,33-34H,6,11-12,16-20H2,1-5H3. The minimum absolute atomic E-state index is 0.0158. The predicted octanol–water partition coefficient (Wildman–Crippen LogP) is 6.47. The van der Waals surface area contributed by atoms with Gasteiger partial charge in [0.15, 0.2) is 0 Å². The molecule has 0 spiro atoms. The van der Waals surface area contributed by atoms with Gasteiger partial charge in [-0.05, 0) is 106 Å². The first kappa shape index (κ1) is 27.8. The van der Waals surface area contributed by atoms with Gasteiger partial charge in [-0.3, -0.25) is 0 Å². The molecule has 5 atom stereocenters. The predicted molar refractivity (Wildman–Crippen MR) is 149 cm³/mol. The molecule has 2 saturated carbocycles. The average Bonchev–Trinajstić information content (AvgIpc) is 3.49. The van der Waals surface area contributed by atoms with Crippen LogP contribution in [0.25, 0.3) is 11.1 Å². The Morgan fingerprint density at radius 3 is 2.62 bits per heavy atom. The normalized spacial score (nSPS) is 22.7. The maximum absolute atomic E-state index is 12.2. The maximum Gasteiger partial charge on any atom is 0.338 e. The van der Waals surface area contributed by atoms with E-state index >= 15 is 0 Å². The van der Waals surface area contributed by atoms with Crippen LogP contribution in [0.5, 0.6) is 0 Å². The first-order chi connectivity index (χ1) is 17.7. The summed E-state index contributed by atoms with van der Waals surface area (Å²) in [6, 6.07) is 14.0. The molecule has 2 bridgehead atoms. The van der Waals surface area contributed by atoms with Gasteiger partial charge in [0.25, 0.3) is 0 Å². The van der Waals surface area contributed by atoms with Crippen molar-refractivity contribution in [3.05, 3.63) is 59.2 Å². The molecule has 202 valence electrons. The summed E-state index contributed by atoms with van der Waals surface area (Å²) in [6.07, 6.45) is 6.11. The summed E-state index contributed by atoms with van der Waals surface area (Å²) < 4.78 is 11.3. The Morgan fingerprint density at radius 1 is 1.16 bits per heavy atom. The Labute approximate surface area is 223 Å². The molecule has 2 aliphatic rings. The smallest absolute Gasteiger partial charge is 0.338 e. The number of carbonyl (C=O) groups is 1. The van der Waals surface area contributed by atoms with Crippen molar-refractivity contribution in [2.75, 3.05) is 19.8 Å². The van der Waals surface area contributed by atoms with E-state index in [1.165, 1.54) is 32.1 Å². The SMILES string of the molecule is CCOC(=O)c1ccc(-c2ccccc2C(C)OCC(O)CNC(C)(C)CC2CC3CCC2C3)cc1C. The van der Waals surface area contributed by atoms with Crippen molar-refractivity contribution < 1.29 is 19.4 Å². The van der Waals surface area contributed by atoms with Crippen LogP contribution in [-0.4, -0.2) is 42.5 Å². The second kappa shape index (κ2) is 12.1. The summed E-state index contributed by atoms with van der Waals surface area (Å²) in [7, 11) is 0. The molecule has 0 radical (unpaired) electrons. The van der Waals surface area contributed by atoms with E-state index in [-0.39, 0.29) is 24.2 Å². The number of fused-ring (bicyclic) bond motifs is 2. The van der Waals surface area contributed by atoms with Gasteiger partial charge in [-0.25, -0.2) is 4.79 Å². The zero-order valence-electron chi connectivity index (χ0n) is 23.3. The van der Waals surface area contributed by atoms with E-state index in [1.807, 2.05) is 51.1 Å². The highest BCUT2D eigenvalue weighted by Gasteiger charge is 2.41. The molecule has 2 aromatic rings. The molecular weight excluding hydrogens is 462 g/mol. The van der Waals surface area contributed by atoms with Gasteiger partial charge >= 0.3 is 5.97 Å². The van der Waals surface area contributed by atoms with Gasteiger partial charge in [-0.1, -0.05) is 42.8 Å². The number of aliphatic hydroxyl groups excluding tert-OH is 1. The van der Waals surface area contributed by atoms with Gasteiger partial charge in [0.05, 0.1) is 31.0 Å². The van der Waals surface area contributed by atoms with Gasteiger partial charge < -0.3 is 19.9 Å². The number of esters is 1. The van der Waals surface area contributed by atoms with E-state index < -0.39 is 6.10 Å². The fourth-order valence-corrected chi connectivity index (χ4v) is 6.54. The van der Waals surface area contributed by atoms with Crippen molar-refractivity contribution in [2.24, 2.45) is 17.8 Å². The highest BCUT2D eigenvalue weighted by atomic mass is 16.5. The van der Waals surface area contributed by atoms with Gasteiger partial charge in [-0.15, -0.1) is 0 Å². The highest BCUT2D eigenvalue weighted by Crippen LogP contribution is 2.50. The molecule has 0 aromatic heterocycles. The molecule has 5 heteroatoms. The van der Waals surface area contributed by atoms with Crippen molar-refractivity contribution >= 4 is 5.97 Å². The van der Waals surface area contributed by atoms with Crippen LogP contribution >= 0.6 is 0 Å². The number of rotatable bonds is 12. The number of nitrogens with one attached hydrogen (secondary N) is 1. The Bertz CT molecular complexity index is 1060. The Hall–Kier alpha value is -2.21. The molecule has 37 heavy (non-hydrogen) atoms. The number of benzene rings is 2. The third-order valence-electron chi connectivity index (χ3n) is 8.44. The summed E-state index contributed by atoms with van der Waals surface area (Å²) in [5, 5.41) is 14.3. The molecule has 2 N–H and O–H groups in total. The summed E-state index contributed by atoms with van der Waals surface area (Å²) >= 11 is 0. The lowest BCUT2D eigenvalue weighted by atomic mass is 9.80. The van der Waals surface area contributed by atoms with Crippen LogP contribution in [-0.2, 0) is 9.47 Å². The molecule has 4 rings (SSSR count). The van der Waals surface area contributed by atoms with E-state index in [1.54, 1.807) is 0 Å². The van der Waals surface area contributed by atoms with Crippen LogP contribution in [0.3, 0.4) is 0 Å². The molecule has 0 amide bonds. The second-order valence-corrected chi connectivity index (χ2v) is 11.9. The van der Waals surface area contributed by atoms with Gasteiger partial charge in [0.2, 0.25) is 0 Å². The molecule has 0 saturated heterocycles. The molecule has 2 aliphatic carbocycles. The topological polar surface area (TPSA) is 67.8 Å². The summed E-state index contributed by atoms with van der Waals surface area (Å²) in [6.45, 7) is 11.5. The van der Waals surface area contributed by atoms with Crippen LogP contribution in [0.1, 0.15) is 87.4 Å². The van der Waals surface area contributed by atoms with Crippen molar-refractivity contribution in [3.63, 3.8) is 0 Å². The van der Waals surface area contributed by atoms with Crippen LogP contribution in [0.15, 0.2) is 42.5 Å². The van der Waals surface area contributed by atoms with E-state index in [0.29, 0.717) is 18.7 Å². The van der Waals surface area contributed by atoms with Crippen molar-refractivity contribution in [2.45, 2.75) is 84.5 Å². The third kappa shape index (κ3) is 7.01. The Morgan fingerprint density at radius 2 is 1.95 bits per heavy atom. The molecular formula is C32H45NO4. The summed E-state index contributed by atoms with van der Waals surface area (Å²) in [5.41, 5.74) is 4.64. The number of aryl methyl sites for hydroxylation is 1. The monoisotopic (exact) mass is 507 g/mol. The van der Waals surface area contributed by atoms with E-state index in [2.05, 4.69) is 31.3 Å². The first-order valence-electron chi connectivity index (χ1n) is 14.1. The van der Waals surface area contributed by atoms with Crippen LogP contribution < -0.4 is 5.32 Å².